The molecule has 0 amide bonds. The minimum Gasteiger partial charge on any atom is -0.462 e. The minimum atomic E-state index is -0.761. The van der Waals surface area contributed by atoms with Crippen LogP contribution in [0.1, 0.15) is 310 Å². The van der Waals surface area contributed by atoms with Crippen LogP contribution in [-0.2, 0) is 28.6 Å². The Morgan fingerprint density at radius 2 is 0.574 bits per heavy atom. The van der Waals surface area contributed by atoms with Gasteiger partial charge in [0.2, 0.25) is 0 Å². The van der Waals surface area contributed by atoms with Crippen LogP contribution in [0, 0.1) is 0 Å². The number of esters is 3. The Morgan fingerprint density at radius 3 is 0.897 bits per heavy atom. The maximum Gasteiger partial charge on any atom is 0.306 e. The van der Waals surface area contributed by atoms with Crippen molar-refractivity contribution in [3.63, 3.8) is 0 Å². The molecule has 0 aliphatic carbocycles. The van der Waals surface area contributed by atoms with Gasteiger partial charge in [-0.25, -0.2) is 0 Å². The zero-order valence-electron chi connectivity index (χ0n) is 45.4. The Balaban J connectivity index is 3.79. The fourth-order valence-electron chi connectivity index (χ4n) is 8.67. The first-order valence-electron chi connectivity index (χ1n) is 29.6. The molecule has 0 aromatic carbocycles. The van der Waals surface area contributed by atoms with E-state index in [9.17, 15) is 14.4 Å². The van der Waals surface area contributed by atoms with E-state index in [1.165, 1.54) is 180 Å². The van der Waals surface area contributed by atoms with Gasteiger partial charge in [-0.05, 0) is 57.8 Å². The second kappa shape index (κ2) is 57.0. The van der Waals surface area contributed by atoms with Crippen molar-refractivity contribution in [1.29, 1.82) is 0 Å². The first kappa shape index (κ1) is 65.4. The van der Waals surface area contributed by atoms with Crippen molar-refractivity contribution in [3.8, 4) is 0 Å². The van der Waals surface area contributed by atoms with E-state index in [0.717, 1.165) is 89.9 Å². The van der Waals surface area contributed by atoms with Gasteiger partial charge in [-0.3, -0.25) is 14.4 Å². The molecule has 0 N–H and O–H groups in total. The van der Waals surface area contributed by atoms with Crippen LogP contribution in [0.5, 0.6) is 0 Å². The van der Waals surface area contributed by atoms with E-state index in [4.69, 9.17) is 14.2 Å². The average molecular weight is 954 g/mol. The summed E-state index contributed by atoms with van der Waals surface area (Å²) in [5.41, 5.74) is 0. The van der Waals surface area contributed by atoms with E-state index >= 15 is 0 Å². The van der Waals surface area contributed by atoms with Gasteiger partial charge in [-0.2, -0.15) is 0 Å². The number of allylic oxidation sites excluding steroid dienone is 8. The van der Waals surface area contributed by atoms with E-state index in [1.54, 1.807) is 0 Å². The molecule has 6 nitrogen and oxygen atoms in total. The van der Waals surface area contributed by atoms with E-state index in [0.29, 0.717) is 19.3 Å². The fourth-order valence-corrected chi connectivity index (χ4v) is 8.67. The van der Waals surface area contributed by atoms with Crippen molar-refractivity contribution in [2.24, 2.45) is 0 Å². The standard InChI is InChI=1S/C62H112O6/c1-4-7-10-13-15-17-19-20-21-22-23-24-25-26-27-28-29-30-31-32-33-34-35-36-37-38-39-40-41-42-43-45-46-49-52-55-61(64)67-58-59(57-66-60(63)54-51-48-12-9-6-3)68-62(65)56-53-50-47-44-18-16-14-11-8-5-2/h7,10,15,17,20-21,23-24,59H,4-6,8-9,11-14,16,18-19,22,25-58H2,1-3H3/b10-7-,17-15-,21-20-,24-23-. The van der Waals surface area contributed by atoms with Gasteiger partial charge in [-0.1, -0.05) is 281 Å². The highest BCUT2D eigenvalue weighted by molar-refractivity contribution is 5.71. The third-order valence-corrected chi connectivity index (χ3v) is 13.1. The monoisotopic (exact) mass is 953 g/mol. The summed E-state index contributed by atoms with van der Waals surface area (Å²) in [4.78, 5) is 37.6. The molecule has 0 bridgehead atoms. The first-order valence-corrected chi connectivity index (χ1v) is 29.6. The summed E-state index contributed by atoms with van der Waals surface area (Å²) in [6.07, 6.45) is 70.5. The van der Waals surface area contributed by atoms with Crippen LogP contribution in [0.15, 0.2) is 48.6 Å². The lowest BCUT2D eigenvalue weighted by Gasteiger charge is -2.18. The van der Waals surface area contributed by atoms with Gasteiger partial charge < -0.3 is 14.2 Å². The van der Waals surface area contributed by atoms with Crippen LogP contribution in [0.25, 0.3) is 0 Å². The molecule has 0 heterocycles. The van der Waals surface area contributed by atoms with Crippen molar-refractivity contribution in [2.75, 3.05) is 13.2 Å². The summed E-state index contributed by atoms with van der Waals surface area (Å²) in [6, 6.07) is 0. The minimum absolute atomic E-state index is 0.0672. The summed E-state index contributed by atoms with van der Waals surface area (Å²) in [5, 5.41) is 0. The molecule has 6 heteroatoms. The molecule has 0 aromatic rings. The molecule has 0 aromatic heterocycles. The largest absolute Gasteiger partial charge is 0.462 e. The lowest BCUT2D eigenvalue weighted by atomic mass is 10.0. The van der Waals surface area contributed by atoms with Crippen molar-refractivity contribution in [1.82, 2.24) is 0 Å². The van der Waals surface area contributed by atoms with Crippen LogP contribution >= 0.6 is 0 Å². The van der Waals surface area contributed by atoms with Crippen LogP contribution < -0.4 is 0 Å². The van der Waals surface area contributed by atoms with Gasteiger partial charge in [-0.15, -0.1) is 0 Å². The number of unbranched alkanes of at least 4 members (excludes halogenated alkanes) is 35. The van der Waals surface area contributed by atoms with Gasteiger partial charge in [0.05, 0.1) is 0 Å². The Morgan fingerprint density at radius 1 is 0.309 bits per heavy atom. The summed E-state index contributed by atoms with van der Waals surface area (Å²) in [5.74, 6) is -0.870. The summed E-state index contributed by atoms with van der Waals surface area (Å²) < 4.78 is 16.7. The highest BCUT2D eigenvalue weighted by Gasteiger charge is 2.19. The molecular formula is C62H112O6. The molecule has 0 fully saturated rings. The molecule has 0 aliphatic rings. The van der Waals surface area contributed by atoms with Crippen LogP contribution in [0.3, 0.4) is 0 Å². The maximum atomic E-state index is 12.7. The number of hydrogen-bond donors (Lipinski definition) is 0. The number of rotatable bonds is 54. The average Bonchev–Trinajstić information content (AvgIpc) is 3.34. The smallest absolute Gasteiger partial charge is 0.306 e. The van der Waals surface area contributed by atoms with Crippen molar-refractivity contribution < 1.29 is 28.6 Å². The molecule has 0 spiro atoms. The fraction of sp³-hybridized carbons (Fsp3) is 0.823. The lowest BCUT2D eigenvalue weighted by molar-refractivity contribution is -0.167. The normalized spacial score (nSPS) is 12.3. The van der Waals surface area contributed by atoms with Gasteiger partial charge >= 0.3 is 17.9 Å². The molecule has 0 saturated heterocycles. The topological polar surface area (TPSA) is 78.9 Å². The van der Waals surface area contributed by atoms with Crippen LogP contribution in [-0.4, -0.2) is 37.2 Å². The molecule has 0 radical (unpaired) electrons. The predicted molar refractivity (Wildman–Crippen MR) is 293 cm³/mol. The molecule has 1 atom stereocenters. The maximum absolute atomic E-state index is 12.7. The number of carbonyl (C=O) groups is 3. The lowest BCUT2D eigenvalue weighted by Crippen LogP contribution is -2.30. The van der Waals surface area contributed by atoms with Crippen molar-refractivity contribution in [3.05, 3.63) is 48.6 Å². The second-order valence-corrected chi connectivity index (χ2v) is 19.9. The predicted octanol–water partition coefficient (Wildman–Crippen LogP) is 19.8. The van der Waals surface area contributed by atoms with Gasteiger partial charge in [0.15, 0.2) is 6.10 Å². The van der Waals surface area contributed by atoms with E-state index in [1.807, 2.05) is 0 Å². The first-order chi connectivity index (χ1) is 33.5. The zero-order chi connectivity index (χ0) is 49.3. The third-order valence-electron chi connectivity index (χ3n) is 13.1. The summed E-state index contributed by atoms with van der Waals surface area (Å²) in [7, 11) is 0. The molecule has 0 aliphatic heterocycles. The van der Waals surface area contributed by atoms with Gasteiger partial charge in [0.1, 0.15) is 13.2 Å². The zero-order valence-corrected chi connectivity index (χ0v) is 45.4. The van der Waals surface area contributed by atoms with Crippen molar-refractivity contribution >= 4 is 17.9 Å². The van der Waals surface area contributed by atoms with Gasteiger partial charge in [0.25, 0.3) is 0 Å². The highest BCUT2D eigenvalue weighted by Crippen LogP contribution is 2.17. The Labute approximate surface area is 422 Å². The van der Waals surface area contributed by atoms with E-state index < -0.39 is 6.10 Å². The molecule has 0 saturated carbocycles. The van der Waals surface area contributed by atoms with Crippen LogP contribution in [0.4, 0.5) is 0 Å². The number of carbonyl (C=O) groups excluding carboxylic acids is 3. The molecule has 0 rings (SSSR count). The number of hydrogen-bond acceptors (Lipinski definition) is 6. The Hall–Kier alpha value is -2.63. The molecule has 396 valence electrons. The Kier molecular flexibility index (Phi) is 54.8. The molecule has 1 unspecified atom stereocenters. The van der Waals surface area contributed by atoms with Gasteiger partial charge in [0, 0.05) is 19.3 Å². The summed E-state index contributed by atoms with van der Waals surface area (Å²) >= 11 is 0. The van der Waals surface area contributed by atoms with Crippen molar-refractivity contribution in [2.45, 2.75) is 316 Å². The van der Waals surface area contributed by atoms with E-state index in [2.05, 4.69) is 69.4 Å². The quantitative estimate of drug-likeness (QED) is 0.0262. The van der Waals surface area contributed by atoms with E-state index in [-0.39, 0.29) is 31.1 Å². The van der Waals surface area contributed by atoms with Crippen LogP contribution in [0.2, 0.25) is 0 Å². The number of ether oxygens (including phenoxy) is 3. The molecular weight excluding hydrogens is 841 g/mol. The Bertz CT molecular complexity index is 1190. The third kappa shape index (κ3) is 54.3. The second-order valence-electron chi connectivity index (χ2n) is 19.9. The highest BCUT2D eigenvalue weighted by atomic mass is 16.6. The molecule has 68 heavy (non-hydrogen) atoms. The SMILES string of the molecule is CC/C=C\C/C=C\C/C=C\C/C=C\CCCCCCCCCCCCCCCCCCCCCCCCC(=O)OCC(COC(=O)CCCCCCC)OC(=O)CCCCCCCCCCCC. The summed E-state index contributed by atoms with van der Waals surface area (Å²) in [6.45, 7) is 6.45.